The van der Waals surface area contributed by atoms with Gasteiger partial charge in [-0.25, -0.2) is 4.98 Å². The molecule has 100 valence electrons. The monoisotopic (exact) mass is 270 g/mol. The third-order valence-corrected chi connectivity index (χ3v) is 3.47. The number of thioether (sulfide) groups is 1. The second-order valence-corrected chi connectivity index (χ2v) is 5.09. The number of carbonyl (C=O) groups excluding carboxylic acids is 1. The second kappa shape index (κ2) is 6.75. The number of ether oxygens (including phenoxy) is 1. The zero-order valence-corrected chi connectivity index (χ0v) is 11.3. The highest BCUT2D eigenvalue weighted by molar-refractivity contribution is 7.99. The zero-order valence-electron chi connectivity index (χ0n) is 10.4. The van der Waals surface area contributed by atoms with Crippen LogP contribution >= 0.6 is 11.8 Å². The van der Waals surface area contributed by atoms with E-state index in [2.05, 4.69) is 20.5 Å². The van der Waals surface area contributed by atoms with E-state index in [9.17, 15) is 4.79 Å². The van der Waals surface area contributed by atoms with E-state index in [1.165, 1.54) is 11.8 Å². The number of aromatic nitrogens is 3. The average molecular weight is 270 g/mol. The van der Waals surface area contributed by atoms with Crippen LogP contribution in [0.25, 0.3) is 0 Å². The SMILES string of the molecule is CCCNC(=O)CSc1n[nH]c([C@H]2CCCO2)n1. The van der Waals surface area contributed by atoms with E-state index in [1.54, 1.807) is 0 Å². The van der Waals surface area contributed by atoms with Crippen molar-refractivity contribution in [3.05, 3.63) is 5.82 Å². The zero-order chi connectivity index (χ0) is 12.8. The number of nitrogens with zero attached hydrogens (tertiary/aromatic N) is 2. The molecule has 1 atom stereocenters. The Morgan fingerprint density at radius 1 is 1.67 bits per heavy atom. The smallest absolute Gasteiger partial charge is 0.230 e. The van der Waals surface area contributed by atoms with Crippen LogP contribution in [-0.4, -0.2) is 40.0 Å². The predicted octanol–water partition coefficient (Wildman–Crippen LogP) is 1.27. The van der Waals surface area contributed by atoms with Gasteiger partial charge in [-0.2, -0.15) is 0 Å². The molecule has 1 aromatic rings. The molecule has 1 aliphatic heterocycles. The third-order valence-electron chi connectivity index (χ3n) is 2.62. The van der Waals surface area contributed by atoms with Crippen molar-refractivity contribution in [1.29, 1.82) is 0 Å². The summed E-state index contributed by atoms with van der Waals surface area (Å²) in [7, 11) is 0. The van der Waals surface area contributed by atoms with Gasteiger partial charge in [0, 0.05) is 13.2 Å². The Morgan fingerprint density at radius 2 is 2.56 bits per heavy atom. The van der Waals surface area contributed by atoms with Crippen molar-refractivity contribution in [1.82, 2.24) is 20.5 Å². The first-order chi connectivity index (χ1) is 8.79. The van der Waals surface area contributed by atoms with Crippen LogP contribution in [0.1, 0.15) is 38.1 Å². The van der Waals surface area contributed by atoms with Crippen LogP contribution < -0.4 is 5.32 Å². The Kier molecular flexibility index (Phi) is 5.00. The minimum absolute atomic E-state index is 0.0188. The Hall–Kier alpha value is -1.08. The molecule has 18 heavy (non-hydrogen) atoms. The number of hydrogen-bond acceptors (Lipinski definition) is 5. The number of carbonyl (C=O) groups is 1. The van der Waals surface area contributed by atoms with Crippen LogP contribution in [0.5, 0.6) is 0 Å². The van der Waals surface area contributed by atoms with E-state index in [0.717, 1.165) is 31.7 Å². The third kappa shape index (κ3) is 3.71. The summed E-state index contributed by atoms with van der Waals surface area (Å²) in [6.45, 7) is 3.53. The van der Waals surface area contributed by atoms with Crippen LogP contribution in [0, 0.1) is 0 Å². The molecule has 2 N–H and O–H groups in total. The van der Waals surface area contributed by atoms with Gasteiger partial charge in [-0.3, -0.25) is 9.89 Å². The highest BCUT2D eigenvalue weighted by Gasteiger charge is 2.21. The second-order valence-electron chi connectivity index (χ2n) is 4.14. The number of hydrogen-bond donors (Lipinski definition) is 2. The van der Waals surface area contributed by atoms with Gasteiger partial charge in [0.1, 0.15) is 6.10 Å². The van der Waals surface area contributed by atoms with Crippen molar-refractivity contribution in [2.45, 2.75) is 37.4 Å². The quantitative estimate of drug-likeness (QED) is 0.761. The minimum atomic E-state index is 0.0188. The molecule has 0 spiro atoms. The van der Waals surface area contributed by atoms with Crippen molar-refractivity contribution >= 4 is 17.7 Å². The summed E-state index contributed by atoms with van der Waals surface area (Å²) in [5.74, 6) is 1.14. The summed E-state index contributed by atoms with van der Waals surface area (Å²) < 4.78 is 5.51. The Balaban J connectivity index is 1.77. The number of rotatable bonds is 6. The van der Waals surface area contributed by atoms with Gasteiger partial charge in [0.05, 0.1) is 5.75 Å². The molecule has 7 heteroatoms. The molecule has 0 aliphatic carbocycles. The molecule has 0 saturated carbocycles. The van der Waals surface area contributed by atoms with Gasteiger partial charge in [-0.15, -0.1) is 5.10 Å². The number of aromatic amines is 1. The van der Waals surface area contributed by atoms with Crippen LogP contribution in [-0.2, 0) is 9.53 Å². The van der Waals surface area contributed by atoms with Gasteiger partial charge in [0.25, 0.3) is 0 Å². The van der Waals surface area contributed by atoms with Gasteiger partial charge in [-0.05, 0) is 19.3 Å². The summed E-state index contributed by atoms with van der Waals surface area (Å²) in [5.41, 5.74) is 0. The van der Waals surface area contributed by atoms with Gasteiger partial charge >= 0.3 is 0 Å². The predicted molar refractivity (Wildman–Crippen MR) is 68.3 cm³/mol. The first-order valence-electron chi connectivity index (χ1n) is 6.23. The fourth-order valence-corrected chi connectivity index (χ4v) is 2.34. The molecule has 6 nitrogen and oxygen atoms in total. The first kappa shape index (κ1) is 13.4. The maximum atomic E-state index is 11.4. The molecule has 1 saturated heterocycles. The molecule has 0 aromatic carbocycles. The van der Waals surface area contributed by atoms with E-state index in [4.69, 9.17) is 4.74 Å². The molecule has 2 heterocycles. The molecule has 1 aliphatic rings. The average Bonchev–Trinajstić information content (AvgIpc) is 3.03. The molecule has 2 rings (SSSR count). The lowest BCUT2D eigenvalue weighted by Crippen LogP contribution is -2.25. The van der Waals surface area contributed by atoms with Crippen molar-refractivity contribution in [3.8, 4) is 0 Å². The molecule has 0 radical (unpaired) electrons. The summed E-state index contributed by atoms with van der Waals surface area (Å²) in [5, 5.41) is 10.4. The first-order valence-corrected chi connectivity index (χ1v) is 7.21. The van der Waals surface area contributed by atoms with Crippen LogP contribution in [0.2, 0.25) is 0 Å². The highest BCUT2D eigenvalue weighted by Crippen LogP contribution is 2.26. The molecule has 1 fully saturated rings. The van der Waals surface area contributed by atoms with Crippen LogP contribution in [0.4, 0.5) is 0 Å². The van der Waals surface area contributed by atoms with Crippen LogP contribution in [0.3, 0.4) is 0 Å². The van der Waals surface area contributed by atoms with Crippen molar-refractivity contribution in [2.75, 3.05) is 18.9 Å². The van der Waals surface area contributed by atoms with E-state index in [-0.39, 0.29) is 12.0 Å². The standard InChI is InChI=1S/C11H18N4O2S/c1-2-5-12-9(16)7-18-11-13-10(14-15-11)8-4-3-6-17-8/h8H,2-7H2,1H3,(H,12,16)(H,13,14,15)/t8-/m1/s1. The summed E-state index contributed by atoms with van der Waals surface area (Å²) in [6.07, 6.45) is 3.03. The lowest BCUT2D eigenvalue weighted by molar-refractivity contribution is -0.118. The Labute approximate surface area is 110 Å². The normalized spacial score (nSPS) is 19.1. The lowest BCUT2D eigenvalue weighted by Gasteiger charge is -2.03. The lowest BCUT2D eigenvalue weighted by atomic mass is 10.2. The maximum absolute atomic E-state index is 11.4. The fourth-order valence-electron chi connectivity index (χ4n) is 1.71. The van der Waals surface area contributed by atoms with Crippen molar-refractivity contribution in [3.63, 3.8) is 0 Å². The van der Waals surface area contributed by atoms with Gasteiger partial charge < -0.3 is 10.1 Å². The van der Waals surface area contributed by atoms with E-state index < -0.39 is 0 Å². The van der Waals surface area contributed by atoms with E-state index in [0.29, 0.717) is 17.5 Å². The number of amides is 1. The van der Waals surface area contributed by atoms with Crippen molar-refractivity contribution < 1.29 is 9.53 Å². The van der Waals surface area contributed by atoms with E-state index >= 15 is 0 Å². The van der Waals surface area contributed by atoms with Gasteiger partial charge in [0.2, 0.25) is 11.1 Å². The molecule has 0 unspecified atom stereocenters. The van der Waals surface area contributed by atoms with Gasteiger partial charge in [0.15, 0.2) is 5.82 Å². The van der Waals surface area contributed by atoms with Crippen molar-refractivity contribution in [2.24, 2.45) is 0 Å². The maximum Gasteiger partial charge on any atom is 0.230 e. The summed E-state index contributed by atoms with van der Waals surface area (Å²) in [4.78, 5) is 15.8. The largest absolute Gasteiger partial charge is 0.370 e. The Bertz CT molecular complexity index is 390. The summed E-state index contributed by atoms with van der Waals surface area (Å²) >= 11 is 1.34. The van der Waals surface area contributed by atoms with E-state index in [1.807, 2.05) is 6.92 Å². The molecule has 0 bridgehead atoms. The van der Waals surface area contributed by atoms with Gasteiger partial charge in [-0.1, -0.05) is 18.7 Å². The topological polar surface area (TPSA) is 79.9 Å². The Morgan fingerprint density at radius 3 is 3.28 bits per heavy atom. The van der Waals surface area contributed by atoms with Crippen LogP contribution in [0.15, 0.2) is 5.16 Å². The molecular weight excluding hydrogens is 252 g/mol. The highest BCUT2D eigenvalue weighted by atomic mass is 32.2. The molecular formula is C11H18N4O2S. The fraction of sp³-hybridized carbons (Fsp3) is 0.727. The number of nitrogens with one attached hydrogen (secondary N) is 2. The number of H-pyrrole nitrogens is 1. The molecule has 1 aromatic heterocycles. The molecule has 1 amide bonds. The minimum Gasteiger partial charge on any atom is -0.370 e. The summed E-state index contributed by atoms with van der Waals surface area (Å²) in [6, 6.07) is 0.